The van der Waals surface area contributed by atoms with Gasteiger partial charge < -0.3 is 5.11 Å². The Hall–Kier alpha value is -1.46. The summed E-state index contributed by atoms with van der Waals surface area (Å²) in [7, 11) is -4.16. The molecule has 0 aliphatic heterocycles. The number of aryl methyl sites for hydroxylation is 1. The third-order valence-corrected chi connectivity index (χ3v) is 7.13. The van der Waals surface area contributed by atoms with E-state index >= 15 is 0 Å². The van der Waals surface area contributed by atoms with E-state index in [1.165, 1.54) is 24.3 Å². The molecule has 0 unspecified atom stereocenters. The van der Waals surface area contributed by atoms with Crippen LogP contribution in [0.1, 0.15) is 55.9 Å². The maximum atomic E-state index is 14.4. The number of hydrogen-bond donors (Lipinski definition) is 2. The van der Waals surface area contributed by atoms with Crippen molar-refractivity contribution in [3.8, 4) is 11.1 Å². The van der Waals surface area contributed by atoms with E-state index in [1.54, 1.807) is 51.4 Å². The number of carbonyl (C=O) groups excluding carboxylic acids is 1. The molecule has 181 valence electrons. The molecule has 35 heavy (non-hydrogen) atoms. The van der Waals surface area contributed by atoms with Crippen molar-refractivity contribution in [2.75, 3.05) is 0 Å². The first-order chi connectivity index (χ1) is 15.8. The summed E-state index contributed by atoms with van der Waals surface area (Å²) in [5.41, 5.74) is 2.13. The SMILES string of the molecule is Cc1cc(C(C)(C)O)ccc1S(=O)(=O)NC(=O)Cc1c(-c2cccnc2)cc(F)cc1C(C)C.[K]. The second kappa shape index (κ2) is 11.7. The third-order valence-electron chi connectivity index (χ3n) is 5.60. The van der Waals surface area contributed by atoms with E-state index in [-0.39, 0.29) is 68.6 Å². The van der Waals surface area contributed by atoms with Crippen LogP contribution in [0, 0.1) is 12.7 Å². The molecule has 9 heteroatoms. The maximum Gasteiger partial charge on any atom is 0.264 e. The summed E-state index contributed by atoms with van der Waals surface area (Å²) >= 11 is 0. The molecule has 1 aromatic heterocycles. The normalized spacial score (nSPS) is 11.8. The summed E-state index contributed by atoms with van der Waals surface area (Å²) in [6.45, 7) is 8.58. The van der Waals surface area contributed by atoms with Gasteiger partial charge in [0.25, 0.3) is 10.0 Å². The molecular weight excluding hydrogens is 494 g/mol. The summed E-state index contributed by atoms with van der Waals surface area (Å²) in [6.07, 6.45) is 2.92. The van der Waals surface area contributed by atoms with Crippen molar-refractivity contribution in [2.24, 2.45) is 0 Å². The number of hydrogen-bond acceptors (Lipinski definition) is 5. The molecule has 1 radical (unpaired) electrons. The largest absolute Gasteiger partial charge is 0.386 e. The van der Waals surface area contributed by atoms with E-state index in [9.17, 15) is 22.7 Å². The van der Waals surface area contributed by atoms with Gasteiger partial charge in [-0.05, 0) is 78.8 Å². The van der Waals surface area contributed by atoms with E-state index in [4.69, 9.17) is 0 Å². The van der Waals surface area contributed by atoms with E-state index in [0.717, 1.165) is 0 Å². The Morgan fingerprint density at radius 1 is 1.17 bits per heavy atom. The number of aromatic nitrogens is 1. The number of carbonyl (C=O) groups is 1. The standard InChI is InChI=1S/C26H29FN2O4S.K/c1-16(2)21-12-20(27)13-22(18-7-6-10-28-15-18)23(21)14-25(30)29-34(32,33)24-9-8-19(11-17(24)3)26(4,5)31;/h6-13,15-16,31H,14H2,1-5H3,(H,29,30);. The zero-order valence-electron chi connectivity index (χ0n) is 20.9. The van der Waals surface area contributed by atoms with Crippen LogP contribution in [0.5, 0.6) is 0 Å². The number of aliphatic hydroxyl groups is 1. The molecular formula is C26H29FKN2O4S. The number of nitrogens with zero attached hydrogens (tertiary/aromatic N) is 1. The molecule has 0 bridgehead atoms. The van der Waals surface area contributed by atoms with Gasteiger partial charge in [0.05, 0.1) is 16.9 Å². The van der Waals surface area contributed by atoms with E-state index in [2.05, 4.69) is 9.71 Å². The molecule has 0 saturated heterocycles. The first-order valence-corrected chi connectivity index (χ1v) is 12.4. The Kier molecular flexibility index (Phi) is 9.97. The van der Waals surface area contributed by atoms with Crippen molar-refractivity contribution < 1.29 is 22.7 Å². The molecule has 3 rings (SSSR count). The molecule has 3 aromatic rings. The van der Waals surface area contributed by atoms with Crippen LogP contribution in [0.3, 0.4) is 0 Å². The van der Waals surface area contributed by atoms with Crippen LogP contribution in [0.25, 0.3) is 11.1 Å². The quantitative estimate of drug-likeness (QED) is 0.452. The minimum absolute atomic E-state index is 0. The fourth-order valence-electron chi connectivity index (χ4n) is 3.88. The second-order valence-corrected chi connectivity index (χ2v) is 10.8. The first-order valence-electron chi connectivity index (χ1n) is 10.9. The Morgan fingerprint density at radius 3 is 2.40 bits per heavy atom. The topological polar surface area (TPSA) is 96.4 Å². The van der Waals surface area contributed by atoms with Gasteiger partial charge in [0.1, 0.15) is 5.82 Å². The van der Waals surface area contributed by atoms with Crippen molar-refractivity contribution in [1.82, 2.24) is 9.71 Å². The van der Waals surface area contributed by atoms with Gasteiger partial charge in [-0.25, -0.2) is 17.5 Å². The number of rotatable bonds is 7. The van der Waals surface area contributed by atoms with Crippen LogP contribution in [0.4, 0.5) is 4.39 Å². The van der Waals surface area contributed by atoms with Gasteiger partial charge in [0, 0.05) is 69.3 Å². The summed E-state index contributed by atoms with van der Waals surface area (Å²) < 4.78 is 42.5. The van der Waals surface area contributed by atoms with Crippen molar-refractivity contribution >= 4 is 67.3 Å². The van der Waals surface area contributed by atoms with Gasteiger partial charge in [0.15, 0.2) is 0 Å². The summed E-state index contributed by atoms with van der Waals surface area (Å²) in [4.78, 5) is 17.0. The molecule has 1 amide bonds. The zero-order chi connectivity index (χ0) is 25.3. The monoisotopic (exact) mass is 523 g/mol. The van der Waals surface area contributed by atoms with Gasteiger partial charge in [0.2, 0.25) is 5.91 Å². The van der Waals surface area contributed by atoms with E-state index < -0.39 is 27.3 Å². The number of amides is 1. The van der Waals surface area contributed by atoms with Crippen LogP contribution in [0.2, 0.25) is 0 Å². The second-order valence-electron chi connectivity index (χ2n) is 9.16. The van der Waals surface area contributed by atoms with Crippen molar-refractivity contribution in [3.05, 3.63) is 82.9 Å². The number of pyridine rings is 1. The minimum Gasteiger partial charge on any atom is -0.386 e. The molecule has 0 saturated carbocycles. The van der Waals surface area contributed by atoms with Gasteiger partial charge in [-0.2, -0.15) is 0 Å². The van der Waals surface area contributed by atoms with Crippen molar-refractivity contribution in [3.63, 3.8) is 0 Å². The Morgan fingerprint density at radius 2 is 1.86 bits per heavy atom. The van der Waals surface area contributed by atoms with Gasteiger partial charge in [-0.3, -0.25) is 9.78 Å². The average molecular weight is 524 g/mol. The van der Waals surface area contributed by atoms with Crippen molar-refractivity contribution in [2.45, 2.75) is 57.5 Å². The van der Waals surface area contributed by atoms with Crippen LogP contribution >= 0.6 is 0 Å². The fraction of sp³-hybridized carbons (Fsp3) is 0.308. The molecule has 2 aromatic carbocycles. The predicted molar refractivity (Wildman–Crippen MR) is 135 cm³/mol. The molecule has 0 aliphatic rings. The number of sulfonamides is 1. The van der Waals surface area contributed by atoms with E-state index in [0.29, 0.717) is 33.4 Å². The number of benzene rings is 2. The van der Waals surface area contributed by atoms with Crippen molar-refractivity contribution in [1.29, 1.82) is 0 Å². The minimum atomic E-state index is -4.16. The average Bonchev–Trinajstić information content (AvgIpc) is 2.73. The van der Waals surface area contributed by atoms with Gasteiger partial charge in [-0.15, -0.1) is 0 Å². The van der Waals surface area contributed by atoms with Crippen LogP contribution < -0.4 is 4.72 Å². The molecule has 0 atom stereocenters. The van der Waals surface area contributed by atoms with Crippen LogP contribution in [0.15, 0.2) is 59.8 Å². The van der Waals surface area contributed by atoms with Gasteiger partial charge in [-0.1, -0.05) is 32.0 Å². The summed E-state index contributed by atoms with van der Waals surface area (Å²) in [5, 5.41) is 10.2. The Labute approximate surface area is 248 Å². The van der Waals surface area contributed by atoms with Crippen LogP contribution in [-0.2, 0) is 26.8 Å². The predicted octanol–water partition coefficient (Wildman–Crippen LogP) is 4.21. The van der Waals surface area contributed by atoms with E-state index in [1.807, 2.05) is 13.8 Å². The van der Waals surface area contributed by atoms with Crippen LogP contribution in [-0.4, -0.2) is 75.8 Å². The zero-order valence-corrected chi connectivity index (χ0v) is 24.8. The number of halogens is 1. The Balaban J connectivity index is 0.00000432. The summed E-state index contributed by atoms with van der Waals surface area (Å²) in [5.74, 6) is -1.27. The molecule has 1 heterocycles. The molecule has 6 nitrogen and oxygen atoms in total. The fourth-order valence-corrected chi connectivity index (χ4v) is 5.09. The molecule has 0 aliphatic carbocycles. The maximum absolute atomic E-state index is 14.4. The first kappa shape index (κ1) is 29.8. The molecule has 0 fully saturated rings. The molecule has 0 spiro atoms. The molecule has 2 N–H and O–H groups in total. The summed E-state index contributed by atoms with van der Waals surface area (Å²) in [6, 6.07) is 10.7. The third kappa shape index (κ3) is 7.28. The Bertz CT molecular complexity index is 1320. The smallest absolute Gasteiger partial charge is 0.264 e. The van der Waals surface area contributed by atoms with Gasteiger partial charge >= 0.3 is 0 Å². The number of nitrogens with one attached hydrogen (secondary N) is 1.